The quantitative estimate of drug-likeness (QED) is 0.526. The van der Waals surface area contributed by atoms with Crippen molar-refractivity contribution in [3.63, 3.8) is 0 Å². The predicted molar refractivity (Wildman–Crippen MR) is 122 cm³/mol. The van der Waals surface area contributed by atoms with Crippen molar-refractivity contribution in [1.82, 2.24) is 4.90 Å². The molecule has 0 fully saturated rings. The van der Waals surface area contributed by atoms with Crippen molar-refractivity contribution < 1.29 is 14.3 Å². The first-order valence-electron chi connectivity index (χ1n) is 9.56. The van der Waals surface area contributed by atoms with Crippen molar-refractivity contribution in [3.05, 3.63) is 73.2 Å². The van der Waals surface area contributed by atoms with Crippen molar-refractivity contribution in [2.24, 2.45) is 0 Å². The summed E-state index contributed by atoms with van der Waals surface area (Å²) >= 11 is 8.80. The Balaban J connectivity index is 1.53. The molecule has 0 saturated carbocycles. The largest absolute Gasteiger partial charge is 0.465 e. The van der Waals surface area contributed by atoms with Crippen molar-refractivity contribution in [1.29, 1.82) is 0 Å². The fraction of sp³-hybridized carbons (Fsp3) is 0.273. The molecule has 8 heteroatoms. The van der Waals surface area contributed by atoms with Gasteiger partial charge in [-0.05, 0) is 29.7 Å². The standard InChI is InChI=1S/C22H21ClN2O3S2/c1-28-22(27)20-16-9-10-25(12-14-5-3-2-4-6-14)13-17(16)30-21(20)24-19(26)11-15-7-8-18(23)29-15/h2-8H,9-13H2,1H3,(H,24,26). The number of nitrogens with zero attached hydrogens (tertiary/aromatic N) is 1. The Morgan fingerprint density at radius 3 is 2.67 bits per heavy atom. The lowest BCUT2D eigenvalue weighted by molar-refractivity contribution is -0.115. The molecule has 3 heterocycles. The van der Waals surface area contributed by atoms with Crippen LogP contribution in [-0.2, 0) is 35.5 Å². The number of hydrogen-bond donors (Lipinski definition) is 1. The molecule has 0 unspecified atom stereocenters. The number of thiophene rings is 2. The molecular weight excluding hydrogens is 440 g/mol. The molecule has 0 spiro atoms. The van der Waals surface area contributed by atoms with Gasteiger partial charge in [0.1, 0.15) is 5.00 Å². The van der Waals surface area contributed by atoms with Gasteiger partial charge in [0.25, 0.3) is 0 Å². The third-order valence-corrected chi connectivity index (χ3v) is 7.35. The van der Waals surface area contributed by atoms with Crippen LogP contribution in [0.25, 0.3) is 0 Å². The molecule has 0 aliphatic carbocycles. The number of anilines is 1. The van der Waals surface area contributed by atoms with Crippen molar-refractivity contribution in [2.45, 2.75) is 25.9 Å². The van der Waals surface area contributed by atoms with Crippen LogP contribution in [0.1, 0.15) is 31.2 Å². The van der Waals surface area contributed by atoms with Gasteiger partial charge in [-0.1, -0.05) is 41.9 Å². The van der Waals surface area contributed by atoms with E-state index in [1.54, 1.807) is 6.07 Å². The van der Waals surface area contributed by atoms with Crippen LogP contribution in [-0.4, -0.2) is 30.4 Å². The number of carbonyl (C=O) groups is 2. The van der Waals surface area contributed by atoms with E-state index in [4.69, 9.17) is 16.3 Å². The summed E-state index contributed by atoms with van der Waals surface area (Å²) in [5.74, 6) is -0.572. The van der Waals surface area contributed by atoms with E-state index in [9.17, 15) is 9.59 Å². The molecule has 156 valence electrons. The maximum atomic E-state index is 12.6. The monoisotopic (exact) mass is 460 g/mol. The minimum absolute atomic E-state index is 0.168. The van der Waals surface area contributed by atoms with Crippen molar-refractivity contribution >= 4 is 51.2 Å². The number of rotatable bonds is 6. The first kappa shape index (κ1) is 21.1. The van der Waals surface area contributed by atoms with Gasteiger partial charge in [-0.25, -0.2) is 4.79 Å². The molecule has 1 N–H and O–H groups in total. The molecule has 5 nitrogen and oxygen atoms in total. The topological polar surface area (TPSA) is 58.6 Å². The number of hydrogen-bond acceptors (Lipinski definition) is 6. The van der Waals surface area contributed by atoms with Gasteiger partial charge in [-0.3, -0.25) is 9.69 Å². The van der Waals surface area contributed by atoms with E-state index in [0.717, 1.165) is 41.4 Å². The molecule has 0 saturated heterocycles. The highest BCUT2D eigenvalue weighted by Gasteiger charge is 2.29. The Morgan fingerprint density at radius 2 is 1.97 bits per heavy atom. The predicted octanol–water partition coefficient (Wildman–Crippen LogP) is 4.99. The molecule has 1 amide bonds. The second-order valence-electron chi connectivity index (χ2n) is 7.08. The van der Waals surface area contributed by atoms with Gasteiger partial charge in [-0.15, -0.1) is 22.7 Å². The molecule has 1 aliphatic rings. The summed E-state index contributed by atoms with van der Waals surface area (Å²) in [5, 5.41) is 3.50. The van der Waals surface area contributed by atoms with E-state index in [0.29, 0.717) is 14.9 Å². The van der Waals surface area contributed by atoms with E-state index in [1.165, 1.54) is 35.3 Å². The fourth-order valence-corrected chi connectivity index (χ4v) is 6.00. The molecule has 1 aromatic carbocycles. The van der Waals surface area contributed by atoms with Gasteiger partial charge in [0.15, 0.2) is 0 Å². The molecule has 4 rings (SSSR count). The summed E-state index contributed by atoms with van der Waals surface area (Å²) < 4.78 is 5.67. The summed E-state index contributed by atoms with van der Waals surface area (Å²) in [5.41, 5.74) is 2.74. The Kier molecular flexibility index (Phi) is 6.53. The second kappa shape index (κ2) is 9.31. The van der Waals surface area contributed by atoms with Crippen LogP contribution in [0.4, 0.5) is 5.00 Å². The van der Waals surface area contributed by atoms with Crippen LogP contribution in [0.5, 0.6) is 0 Å². The summed E-state index contributed by atoms with van der Waals surface area (Å²) in [7, 11) is 1.37. The summed E-state index contributed by atoms with van der Waals surface area (Å²) in [6, 6.07) is 13.9. The number of esters is 1. The number of benzene rings is 1. The van der Waals surface area contributed by atoms with Crippen molar-refractivity contribution in [2.75, 3.05) is 19.0 Å². The van der Waals surface area contributed by atoms with Gasteiger partial charge < -0.3 is 10.1 Å². The number of nitrogens with one attached hydrogen (secondary N) is 1. The zero-order chi connectivity index (χ0) is 21.1. The molecule has 2 aromatic heterocycles. The van der Waals surface area contributed by atoms with Crippen LogP contribution in [0, 0.1) is 0 Å². The Bertz CT molecular complexity index is 1060. The van der Waals surface area contributed by atoms with Gasteiger partial charge >= 0.3 is 5.97 Å². The Morgan fingerprint density at radius 1 is 1.17 bits per heavy atom. The third-order valence-electron chi connectivity index (χ3n) is 4.99. The van der Waals surface area contributed by atoms with Crippen molar-refractivity contribution in [3.8, 4) is 0 Å². The lowest BCUT2D eigenvalue weighted by Gasteiger charge is -2.27. The SMILES string of the molecule is COC(=O)c1c(NC(=O)Cc2ccc(Cl)s2)sc2c1CCN(Cc1ccccc1)C2. The van der Waals surface area contributed by atoms with E-state index < -0.39 is 5.97 Å². The molecule has 3 aromatic rings. The highest BCUT2D eigenvalue weighted by Crippen LogP contribution is 2.38. The maximum absolute atomic E-state index is 12.6. The smallest absolute Gasteiger partial charge is 0.341 e. The van der Waals surface area contributed by atoms with Crippen LogP contribution >= 0.6 is 34.3 Å². The second-order valence-corrected chi connectivity index (χ2v) is 9.98. The van der Waals surface area contributed by atoms with Gasteiger partial charge in [0.2, 0.25) is 5.91 Å². The molecule has 0 radical (unpaired) electrons. The number of amides is 1. The molecule has 0 bridgehead atoms. The average Bonchev–Trinajstić information content (AvgIpc) is 3.30. The Hall–Kier alpha value is -2.19. The van der Waals surface area contributed by atoms with E-state index in [-0.39, 0.29) is 12.3 Å². The van der Waals surface area contributed by atoms with Crippen LogP contribution in [0.2, 0.25) is 4.34 Å². The first-order valence-corrected chi connectivity index (χ1v) is 11.6. The minimum atomic E-state index is -0.404. The number of fused-ring (bicyclic) bond motifs is 1. The minimum Gasteiger partial charge on any atom is -0.465 e. The van der Waals surface area contributed by atoms with E-state index in [1.807, 2.05) is 24.3 Å². The summed E-state index contributed by atoms with van der Waals surface area (Å²) in [6.07, 6.45) is 0.972. The number of ether oxygens (including phenoxy) is 1. The molecule has 1 aliphatic heterocycles. The van der Waals surface area contributed by atoms with Gasteiger partial charge in [-0.2, -0.15) is 0 Å². The number of halogens is 1. The third kappa shape index (κ3) is 4.75. The summed E-state index contributed by atoms with van der Waals surface area (Å²) in [6.45, 7) is 2.45. The average molecular weight is 461 g/mol. The van der Waals surface area contributed by atoms with Crippen LogP contribution in [0.15, 0.2) is 42.5 Å². The lowest BCUT2D eigenvalue weighted by atomic mass is 10.0. The molecular formula is C22H21ClN2O3S2. The highest BCUT2D eigenvalue weighted by molar-refractivity contribution is 7.17. The lowest BCUT2D eigenvalue weighted by Crippen LogP contribution is -2.29. The molecule has 30 heavy (non-hydrogen) atoms. The van der Waals surface area contributed by atoms with Crippen LogP contribution < -0.4 is 5.32 Å². The van der Waals surface area contributed by atoms with E-state index in [2.05, 4.69) is 22.3 Å². The van der Waals surface area contributed by atoms with Crippen LogP contribution in [0.3, 0.4) is 0 Å². The first-order chi connectivity index (χ1) is 14.5. The Labute approximate surface area is 188 Å². The number of methoxy groups -OCH3 is 1. The highest BCUT2D eigenvalue weighted by atomic mass is 35.5. The zero-order valence-corrected chi connectivity index (χ0v) is 18.8. The fourth-order valence-electron chi connectivity index (χ4n) is 3.61. The van der Waals surface area contributed by atoms with Gasteiger partial charge in [0.05, 0.1) is 23.4 Å². The van der Waals surface area contributed by atoms with E-state index >= 15 is 0 Å². The summed E-state index contributed by atoms with van der Waals surface area (Å²) in [4.78, 5) is 29.4. The zero-order valence-electron chi connectivity index (χ0n) is 16.4. The maximum Gasteiger partial charge on any atom is 0.341 e. The normalized spacial score (nSPS) is 13.7. The number of carbonyl (C=O) groups excluding carboxylic acids is 2. The van der Waals surface area contributed by atoms with Gasteiger partial charge in [0, 0.05) is 29.4 Å². The molecule has 0 atom stereocenters.